The number of nitrogens with one attached hydrogen (secondary N) is 1. The fourth-order valence-electron chi connectivity index (χ4n) is 7.45. The normalized spacial score (nSPS) is 40.7. The first-order valence-corrected chi connectivity index (χ1v) is 12.2. The summed E-state index contributed by atoms with van der Waals surface area (Å²) >= 11 is 0. The van der Waals surface area contributed by atoms with Gasteiger partial charge in [0.15, 0.2) is 0 Å². The van der Waals surface area contributed by atoms with Crippen molar-refractivity contribution >= 4 is 0 Å². The van der Waals surface area contributed by atoms with Crippen LogP contribution in [0.5, 0.6) is 0 Å². The van der Waals surface area contributed by atoms with Crippen molar-refractivity contribution in [2.24, 2.45) is 34.5 Å². The molecule has 0 spiro atoms. The van der Waals surface area contributed by atoms with E-state index in [0.29, 0.717) is 24.2 Å². The van der Waals surface area contributed by atoms with Gasteiger partial charge < -0.3 is 15.5 Å². The van der Waals surface area contributed by atoms with Gasteiger partial charge in [-0.15, -0.1) is 0 Å². The van der Waals surface area contributed by atoms with Gasteiger partial charge in [-0.3, -0.25) is 0 Å². The second-order valence-electron chi connectivity index (χ2n) is 11.0. The van der Waals surface area contributed by atoms with Gasteiger partial charge in [-0.2, -0.15) is 0 Å². The highest BCUT2D eigenvalue weighted by Crippen LogP contribution is 2.63. The Morgan fingerprint density at radius 1 is 1.10 bits per heavy atom. The Labute approximate surface area is 187 Å². The summed E-state index contributed by atoms with van der Waals surface area (Å²) < 4.78 is 13.3. The molecule has 3 nitrogen and oxygen atoms in total. The lowest BCUT2D eigenvalue weighted by molar-refractivity contribution is -0.0933. The van der Waals surface area contributed by atoms with E-state index in [4.69, 9.17) is 0 Å². The maximum atomic E-state index is 13.3. The lowest BCUT2D eigenvalue weighted by atomic mass is 9.49. The molecule has 3 saturated carbocycles. The molecule has 1 aromatic carbocycles. The minimum Gasteiger partial charge on any atom is -0.396 e. The monoisotopic (exact) mass is 429 g/mol. The molecular formula is C27H40FNO2. The van der Waals surface area contributed by atoms with Crippen LogP contribution in [-0.2, 0) is 6.54 Å². The number of allylic oxidation sites excluding steroid dienone is 1. The van der Waals surface area contributed by atoms with Gasteiger partial charge in [0, 0.05) is 13.2 Å². The number of aliphatic hydroxyl groups is 2. The zero-order valence-electron chi connectivity index (χ0n) is 19.2. The van der Waals surface area contributed by atoms with E-state index < -0.39 is 0 Å². The predicted molar refractivity (Wildman–Crippen MR) is 123 cm³/mol. The third kappa shape index (κ3) is 4.24. The molecule has 0 radical (unpaired) electrons. The summed E-state index contributed by atoms with van der Waals surface area (Å²) in [5, 5.41) is 24.2. The van der Waals surface area contributed by atoms with E-state index in [-0.39, 0.29) is 35.3 Å². The molecule has 4 rings (SSSR count). The molecule has 0 amide bonds. The van der Waals surface area contributed by atoms with Crippen molar-refractivity contribution < 1.29 is 14.6 Å². The Morgan fingerprint density at radius 2 is 1.84 bits per heavy atom. The SMILES string of the molecule is C=C1CCC2C(CNCc3ccc(F)cc3)C(C3(C)CCC(O)CC3CO)CCC12C. The number of rotatable bonds is 6. The lowest BCUT2D eigenvalue weighted by Gasteiger charge is -2.56. The topological polar surface area (TPSA) is 52.5 Å². The molecule has 0 bridgehead atoms. The van der Waals surface area contributed by atoms with E-state index in [1.54, 1.807) is 0 Å². The van der Waals surface area contributed by atoms with Gasteiger partial charge in [-0.25, -0.2) is 4.39 Å². The molecule has 172 valence electrons. The van der Waals surface area contributed by atoms with Gasteiger partial charge in [-0.1, -0.05) is 38.1 Å². The molecule has 0 aliphatic heterocycles. The Kier molecular flexibility index (Phi) is 6.63. The first-order chi connectivity index (χ1) is 14.8. The fourth-order valence-corrected chi connectivity index (χ4v) is 7.45. The highest BCUT2D eigenvalue weighted by atomic mass is 19.1. The zero-order chi connectivity index (χ0) is 22.2. The van der Waals surface area contributed by atoms with Crippen LogP contribution < -0.4 is 5.32 Å². The molecule has 0 heterocycles. The number of aliphatic hydroxyl groups excluding tert-OH is 2. The number of benzene rings is 1. The van der Waals surface area contributed by atoms with Gasteiger partial charge in [0.25, 0.3) is 0 Å². The van der Waals surface area contributed by atoms with Gasteiger partial charge in [0.2, 0.25) is 0 Å². The average Bonchev–Trinajstić information content (AvgIpc) is 3.06. The second kappa shape index (κ2) is 8.96. The molecule has 7 atom stereocenters. The smallest absolute Gasteiger partial charge is 0.123 e. The molecule has 1 aromatic rings. The number of halogens is 1. The molecule has 3 aliphatic carbocycles. The molecule has 0 aromatic heterocycles. The number of hydrogen-bond donors (Lipinski definition) is 3. The van der Waals surface area contributed by atoms with Crippen LogP contribution in [0.3, 0.4) is 0 Å². The Morgan fingerprint density at radius 3 is 2.55 bits per heavy atom. The first-order valence-electron chi connectivity index (χ1n) is 12.2. The average molecular weight is 430 g/mol. The van der Waals surface area contributed by atoms with Crippen LogP contribution in [0, 0.1) is 40.3 Å². The van der Waals surface area contributed by atoms with Crippen LogP contribution in [0.4, 0.5) is 4.39 Å². The van der Waals surface area contributed by atoms with Crippen molar-refractivity contribution in [2.75, 3.05) is 13.2 Å². The highest BCUT2D eigenvalue weighted by molar-refractivity contribution is 5.21. The van der Waals surface area contributed by atoms with Crippen molar-refractivity contribution in [3.05, 3.63) is 47.8 Å². The Bertz CT molecular complexity index is 780. The fraction of sp³-hybridized carbons (Fsp3) is 0.704. The van der Waals surface area contributed by atoms with Gasteiger partial charge >= 0.3 is 0 Å². The van der Waals surface area contributed by atoms with Crippen molar-refractivity contribution in [1.82, 2.24) is 5.32 Å². The Hall–Kier alpha value is -1.23. The zero-order valence-corrected chi connectivity index (χ0v) is 19.2. The molecule has 31 heavy (non-hydrogen) atoms. The van der Waals surface area contributed by atoms with Crippen LogP contribution in [0.2, 0.25) is 0 Å². The van der Waals surface area contributed by atoms with Crippen LogP contribution in [0.1, 0.15) is 64.4 Å². The molecule has 3 aliphatic rings. The second-order valence-corrected chi connectivity index (χ2v) is 11.0. The van der Waals surface area contributed by atoms with E-state index in [1.165, 1.54) is 30.5 Å². The third-order valence-electron chi connectivity index (χ3n) is 9.59. The summed E-state index contributed by atoms with van der Waals surface area (Å²) in [4.78, 5) is 0. The summed E-state index contributed by atoms with van der Waals surface area (Å²) in [6.07, 6.45) is 6.95. The third-order valence-corrected chi connectivity index (χ3v) is 9.59. The van der Waals surface area contributed by atoms with Crippen LogP contribution >= 0.6 is 0 Å². The minimum atomic E-state index is -0.277. The largest absolute Gasteiger partial charge is 0.396 e. The Balaban J connectivity index is 1.56. The predicted octanol–water partition coefficient (Wildman–Crippen LogP) is 5.07. The van der Waals surface area contributed by atoms with Crippen molar-refractivity contribution in [2.45, 2.75) is 71.4 Å². The lowest BCUT2D eigenvalue weighted by Crippen LogP contribution is -2.53. The number of fused-ring (bicyclic) bond motifs is 1. The molecule has 0 saturated heterocycles. The quantitative estimate of drug-likeness (QED) is 0.553. The van der Waals surface area contributed by atoms with Gasteiger partial charge in [0.05, 0.1) is 6.10 Å². The van der Waals surface area contributed by atoms with Crippen molar-refractivity contribution in [3.8, 4) is 0 Å². The van der Waals surface area contributed by atoms with Gasteiger partial charge in [-0.05, 0) is 104 Å². The summed E-state index contributed by atoms with van der Waals surface area (Å²) in [5.74, 6) is 1.63. The van der Waals surface area contributed by atoms with E-state index in [9.17, 15) is 14.6 Å². The number of hydrogen-bond acceptors (Lipinski definition) is 3. The van der Waals surface area contributed by atoms with Gasteiger partial charge in [0.1, 0.15) is 5.82 Å². The highest BCUT2D eigenvalue weighted by Gasteiger charge is 2.56. The molecule has 3 N–H and O–H groups in total. The summed E-state index contributed by atoms with van der Waals surface area (Å²) in [7, 11) is 0. The summed E-state index contributed by atoms with van der Waals surface area (Å²) in [5.41, 5.74) is 2.80. The van der Waals surface area contributed by atoms with Crippen LogP contribution in [-0.4, -0.2) is 29.5 Å². The van der Waals surface area contributed by atoms with Crippen LogP contribution in [0.25, 0.3) is 0 Å². The van der Waals surface area contributed by atoms with E-state index >= 15 is 0 Å². The first kappa shape index (κ1) is 22.9. The van der Waals surface area contributed by atoms with Crippen molar-refractivity contribution in [3.63, 3.8) is 0 Å². The molecule has 7 unspecified atom stereocenters. The summed E-state index contributed by atoms with van der Waals surface area (Å²) in [6, 6.07) is 6.76. The summed E-state index contributed by atoms with van der Waals surface area (Å²) in [6.45, 7) is 11.1. The minimum absolute atomic E-state index is 0.0570. The van der Waals surface area contributed by atoms with E-state index in [1.807, 2.05) is 12.1 Å². The standard InChI is InChI=1S/C27H40FNO2/c1-18-4-9-24-23(16-29-15-19-5-7-21(28)8-6-19)25(11-13-26(18,24)2)27(3)12-10-22(31)14-20(27)17-30/h5-8,20,22-25,29-31H,1,4,9-17H2,2-3H3. The molecular weight excluding hydrogens is 389 g/mol. The van der Waals surface area contributed by atoms with E-state index in [2.05, 4.69) is 25.7 Å². The van der Waals surface area contributed by atoms with Crippen molar-refractivity contribution in [1.29, 1.82) is 0 Å². The van der Waals surface area contributed by atoms with E-state index in [0.717, 1.165) is 44.3 Å². The molecule has 3 fully saturated rings. The maximum Gasteiger partial charge on any atom is 0.123 e. The van der Waals surface area contributed by atoms with Crippen LogP contribution in [0.15, 0.2) is 36.4 Å². The maximum absolute atomic E-state index is 13.3. The molecule has 4 heteroatoms.